The van der Waals surface area contributed by atoms with E-state index in [9.17, 15) is 4.79 Å². The summed E-state index contributed by atoms with van der Waals surface area (Å²) in [5.74, 6) is -0.367. The molecule has 0 aromatic heterocycles. The summed E-state index contributed by atoms with van der Waals surface area (Å²) in [5, 5.41) is 0. The minimum Gasteiger partial charge on any atom is -0.455 e. The molecule has 4 rings (SSSR count). The van der Waals surface area contributed by atoms with Crippen LogP contribution in [-0.4, -0.2) is 30.9 Å². The van der Waals surface area contributed by atoms with Crippen LogP contribution in [0.1, 0.15) is 23.1 Å². The van der Waals surface area contributed by atoms with Gasteiger partial charge in [0.2, 0.25) is 0 Å². The first-order valence-corrected chi connectivity index (χ1v) is 10.9. The predicted molar refractivity (Wildman–Crippen MR) is 121 cm³/mol. The molecule has 0 saturated carbocycles. The van der Waals surface area contributed by atoms with Gasteiger partial charge in [-0.2, -0.15) is 0 Å². The number of esters is 1. The van der Waals surface area contributed by atoms with Crippen LogP contribution in [0.5, 0.6) is 0 Å². The van der Waals surface area contributed by atoms with Crippen LogP contribution >= 0.6 is 0 Å². The molecule has 0 aliphatic carbocycles. The summed E-state index contributed by atoms with van der Waals surface area (Å²) in [5.41, 5.74) is 3.14. The third-order valence-corrected chi connectivity index (χ3v) is 5.39. The van der Waals surface area contributed by atoms with E-state index in [0.29, 0.717) is 26.2 Å². The van der Waals surface area contributed by atoms with E-state index in [2.05, 4.69) is 0 Å². The third-order valence-electron chi connectivity index (χ3n) is 5.39. The Morgan fingerprint density at radius 2 is 1.19 bits per heavy atom. The van der Waals surface area contributed by atoms with Gasteiger partial charge < -0.3 is 18.9 Å². The molecule has 0 radical (unpaired) electrons. The maximum absolute atomic E-state index is 12.6. The molecule has 0 bridgehead atoms. The van der Waals surface area contributed by atoms with Gasteiger partial charge in [-0.1, -0.05) is 91.0 Å². The highest BCUT2D eigenvalue weighted by Gasteiger charge is 2.39. The van der Waals surface area contributed by atoms with Gasteiger partial charge in [-0.15, -0.1) is 0 Å². The van der Waals surface area contributed by atoms with Crippen LogP contribution in [0.4, 0.5) is 0 Å². The van der Waals surface area contributed by atoms with Crippen molar-refractivity contribution in [1.29, 1.82) is 0 Å². The second-order valence-corrected chi connectivity index (χ2v) is 7.83. The molecule has 1 aliphatic rings. The molecule has 5 heteroatoms. The van der Waals surface area contributed by atoms with E-state index >= 15 is 0 Å². The quantitative estimate of drug-likeness (QED) is 0.435. The maximum atomic E-state index is 12.6. The van der Waals surface area contributed by atoms with Gasteiger partial charge in [-0.05, 0) is 16.7 Å². The normalized spacial score (nSPS) is 20.6. The van der Waals surface area contributed by atoms with Crippen molar-refractivity contribution >= 4 is 5.97 Å². The Morgan fingerprint density at radius 3 is 1.75 bits per heavy atom. The third kappa shape index (κ3) is 6.50. The second kappa shape index (κ2) is 11.6. The molecule has 3 atom stereocenters. The first kappa shape index (κ1) is 22.2. The number of carbonyl (C=O) groups excluding carboxylic acids is 1. The summed E-state index contributed by atoms with van der Waals surface area (Å²) < 4.78 is 23.6. The molecular formula is C27H28O5. The van der Waals surface area contributed by atoms with Gasteiger partial charge >= 0.3 is 5.97 Å². The van der Waals surface area contributed by atoms with E-state index in [1.54, 1.807) is 0 Å². The molecule has 1 heterocycles. The Balaban J connectivity index is 1.36. The van der Waals surface area contributed by atoms with Crippen LogP contribution in [0.2, 0.25) is 0 Å². The van der Waals surface area contributed by atoms with Crippen molar-refractivity contribution in [3.63, 3.8) is 0 Å². The van der Waals surface area contributed by atoms with Crippen LogP contribution in [-0.2, 0) is 43.6 Å². The Kier molecular flexibility index (Phi) is 8.04. The minimum atomic E-state index is -0.665. The average Bonchev–Trinajstić information content (AvgIpc) is 2.85. The smallest absolute Gasteiger partial charge is 0.335 e. The fraction of sp³-hybridized carbons (Fsp3) is 0.296. The van der Waals surface area contributed by atoms with E-state index in [1.807, 2.05) is 91.0 Å². The van der Waals surface area contributed by atoms with Crippen molar-refractivity contribution in [3.05, 3.63) is 108 Å². The number of carbonyl (C=O) groups is 1. The van der Waals surface area contributed by atoms with Gasteiger partial charge in [0.05, 0.1) is 26.4 Å². The fourth-order valence-electron chi connectivity index (χ4n) is 3.63. The van der Waals surface area contributed by atoms with Crippen LogP contribution in [0.3, 0.4) is 0 Å². The first-order chi connectivity index (χ1) is 15.8. The molecule has 1 aliphatic heterocycles. The molecule has 0 N–H and O–H groups in total. The zero-order valence-electron chi connectivity index (χ0n) is 18.0. The number of benzene rings is 3. The van der Waals surface area contributed by atoms with Crippen LogP contribution < -0.4 is 0 Å². The first-order valence-electron chi connectivity index (χ1n) is 10.9. The lowest BCUT2D eigenvalue weighted by molar-refractivity contribution is -0.199. The van der Waals surface area contributed by atoms with Gasteiger partial charge in [-0.25, -0.2) is 4.79 Å². The molecule has 3 aromatic carbocycles. The van der Waals surface area contributed by atoms with Gasteiger partial charge in [0.1, 0.15) is 6.10 Å². The number of rotatable bonds is 10. The van der Waals surface area contributed by atoms with E-state index in [-0.39, 0.29) is 18.7 Å². The van der Waals surface area contributed by atoms with Crippen molar-refractivity contribution in [2.45, 2.75) is 44.6 Å². The van der Waals surface area contributed by atoms with E-state index in [4.69, 9.17) is 18.9 Å². The molecule has 0 amide bonds. The SMILES string of the molecule is O=C1OC(COCc2ccccc2)C(OCc2ccccc2)CC1OCc1ccccc1. The average molecular weight is 433 g/mol. The molecule has 32 heavy (non-hydrogen) atoms. The lowest BCUT2D eigenvalue weighted by Crippen LogP contribution is -2.48. The van der Waals surface area contributed by atoms with Crippen molar-refractivity contribution in [2.24, 2.45) is 0 Å². The van der Waals surface area contributed by atoms with Crippen molar-refractivity contribution in [3.8, 4) is 0 Å². The Labute approximate surface area is 188 Å². The van der Waals surface area contributed by atoms with Crippen molar-refractivity contribution < 1.29 is 23.7 Å². The number of hydrogen-bond acceptors (Lipinski definition) is 5. The van der Waals surface area contributed by atoms with Gasteiger partial charge in [0, 0.05) is 6.42 Å². The lowest BCUT2D eigenvalue weighted by atomic mass is 10.0. The lowest BCUT2D eigenvalue weighted by Gasteiger charge is -2.35. The molecule has 1 saturated heterocycles. The summed E-state index contributed by atoms with van der Waals surface area (Å²) in [6, 6.07) is 29.7. The molecule has 166 valence electrons. The topological polar surface area (TPSA) is 54.0 Å². The number of ether oxygens (including phenoxy) is 4. The molecule has 0 spiro atoms. The monoisotopic (exact) mass is 432 g/mol. The summed E-state index contributed by atoms with van der Waals surface area (Å²) in [6.07, 6.45) is -1.03. The van der Waals surface area contributed by atoms with Crippen LogP contribution in [0, 0.1) is 0 Å². The molecule has 3 unspecified atom stereocenters. The number of hydrogen-bond donors (Lipinski definition) is 0. The molecular weight excluding hydrogens is 404 g/mol. The van der Waals surface area contributed by atoms with Gasteiger partial charge in [-0.3, -0.25) is 0 Å². The predicted octanol–water partition coefficient (Wildman–Crippen LogP) is 4.69. The molecule has 3 aromatic rings. The Bertz CT molecular complexity index is 946. The van der Waals surface area contributed by atoms with Crippen LogP contribution in [0.15, 0.2) is 91.0 Å². The van der Waals surface area contributed by atoms with E-state index < -0.39 is 12.2 Å². The van der Waals surface area contributed by atoms with Gasteiger partial charge in [0.25, 0.3) is 0 Å². The molecule has 5 nitrogen and oxygen atoms in total. The fourth-order valence-corrected chi connectivity index (χ4v) is 3.63. The minimum absolute atomic E-state index is 0.269. The van der Waals surface area contributed by atoms with E-state index in [1.165, 1.54) is 0 Å². The van der Waals surface area contributed by atoms with Crippen LogP contribution in [0.25, 0.3) is 0 Å². The summed E-state index contributed by atoms with van der Waals surface area (Å²) in [6.45, 7) is 1.50. The second-order valence-electron chi connectivity index (χ2n) is 7.83. The highest BCUT2D eigenvalue weighted by atomic mass is 16.6. The van der Waals surface area contributed by atoms with Crippen molar-refractivity contribution in [1.82, 2.24) is 0 Å². The Morgan fingerprint density at radius 1 is 0.688 bits per heavy atom. The zero-order valence-corrected chi connectivity index (χ0v) is 18.0. The van der Waals surface area contributed by atoms with Gasteiger partial charge in [0.15, 0.2) is 12.2 Å². The molecule has 1 fully saturated rings. The zero-order chi connectivity index (χ0) is 22.0. The summed E-state index contributed by atoms with van der Waals surface area (Å²) in [7, 11) is 0. The summed E-state index contributed by atoms with van der Waals surface area (Å²) >= 11 is 0. The van der Waals surface area contributed by atoms with Crippen molar-refractivity contribution in [2.75, 3.05) is 6.61 Å². The Hall–Kier alpha value is -2.99. The summed E-state index contributed by atoms with van der Waals surface area (Å²) in [4.78, 5) is 12.6. The standard InChI is InChI=1S/C27H28O5/c28-27-25(31-19-23-14-8-3-9-15-23)16-24(30-18-22-12-6-2-7-13-22)26(32-27)20-29-17-21-10-4-1-5-11-21/h1-15,24-26H,16-20H2. The highest BCUT2D eigenvalue weighted by molar-refractivity contribution is 5.75. The van der Waals surface area contributed by atoms with E-state index in [0.717, 1.165) is 16.7 Å². The maximum Gasteiger partial charge on any atom is 0.335 e. The number of cyclic esters (lactones) is 1. The highest BCUT2D eigenvalue weighted by Crippen LogP contribution is 2.24. The largest absolute Gasteiger partial charge is 0.455 e.